The van der Waals surface area contributed by atoms with Crippen LogP contribution in [0.5, 0.6) is 0 Å². The molecule has 8 nitrogen and oxygen atoms in total. The molecule has 0 aromatic carbocycles. The van der Waals surface area contributed by atoms with Crippen molar-refractivity contribution in [1.29, 1.82) is 0 Å². The van der Waals surface area contributed by atoms with Gasteiger partial charge in [-0.15, -0.1) is 0 Å². The Balaban J connectivity index is 1.58. The van der Waals surface area contributed by atoms with E-state index >= 15 is 0 Å². The molecule has 0 aliphatic carbocycles. The summed E-state index contributed by atoms with van der Waals surface area (Å²) in [6.07, 6.45) is 1.55. The summed E-state index contributed by atoms with van der Waals surface area (Å²) in [5, 5.41) is 3.50. The summed E-state index contributed by atoms with van der Waals surface area (Å²) < 4.78 is 10.5. The van der Waals surface area contributed by atoms with Gasteiger partial charge in [-0.1, -0.05) is 0 Å². The molecule has 0 bridgehead atoms. The van der Waals surface area contributed by atoms with E-state index in [1.165, 1.54) is 0 Å². The predicted molar refractivity (Wildman–Crippen MR) is 95.0 cm³/mol. The number of nitrogens with one attached hydrogen (secondary N) is 1. The fraction of sp³-hybridized carbons (Fsp3) is 0.706. The smallest absolute Gasteiger partial charge is 0.409 e. The van der Waals surface area contributed by atoms with Gasteiger partial charge >= 0.3 is 6.09 Å². The zero-order chi connectivity index (χ0) is 17.6. The van der Waals surface area contributed by atoms with Crippen LogP contribution < -0.4 is 10.2 Å². The standard InChI is InChI=1S/C17H27N5O3/c1-3-25-17(23)22-6-4-14(5-7-22)20-15-12-16(19-13(2)18-15)21-8-10-24-11-9-21/h12,14H,3-11H2,1-2H3,(H,18,19,20). The van der Waals surface area contributed by atoms with Gasteiger partial charge in [0, 0.05) is 38.3 Å². The maximum absolute atomic E-state index is 11.8. The van der Waals surface area contributed by atoms with Gasteiger partial charge in [-0.3, -0.25) is 0 Å². The maximum atomic E-state index is 11.8. The number of ether oxygens (including phenoxy) is 2. The van der Waals surface area contributed by atoms with Gasteiger partial charge in [-0.25, -0.2) is 14.8 Å². The summed E-state index contributed by atoms with van der Waals surface area (Å²) in [6.45, 7) is 8.75. The average molecular weight is 349 g/mol. The molecule has 2 saturated heterocycles. The van der Waals surface area contributed by atoms with Crippen LogP contribution in [0.1, 0.15) is 25.6 Å². The van der Waals surface area contributed by atoms with Crippen molar-refractivity contribution in [3.8, 4) is 0 Å². The SMILES string of the molecule is CCOC(=O)N1CCC(Nc2cc(N3CCOCC3)nc(C)n2)CC1. The highest BCUT2D eigenvalue weighted by Gasteiger charge is 2.24. The summed E-state index contributed by atoms with van der Waals surface area (Å²) in [7, 11) is 0. The van der Waals surface area contributed by atoms with Gasteiger partial charge < -0.3 is 24.6 Å². The van der Waals surface area contributed by atoms with Gasteiger partial charge in [0.15, 0.2) is 0 Å². The first-order valence-electron chi connectivity index (χ1n) is 9.02. The number of hydrogen-bond acceptors (Lipinski definition) is 7. The predicted octanol–water partition coefficient (Wildman–Crippen LogP) is 1.65. The van der Waals surface area contributed by atoms with E-state index in [1.54, 1.807) is 4.90 Å². The van der Waals surface area contributed by atoms with E-state index in [4.69, 9.17) is 9.47 Å². The first-order valence-corrected chi connectivity index (χ1v) is 9.02. The quantitative estimate of drug-likeness (QED) is 0.885. The number of hydrogen-bond donors (Lipinski definition) is 1. The Kier molecular flexibility index (Phi) is 5.91. The van der Waals surface area contributed by atoms with Gasteiger partial charge in [0.25, 0.3) is 0 Å². The molecule has 3 rings (SSSR count). The second kappa shape index (κ2) is 8.33. The number of carbonyl (C=O) groups is 1. The normalized spacial score (nSPS) is 19.0. The minimum atomic E-state index is -0.214. The number of rotatable bonds is 4. The molecule has 138 valence electrons. The highest BCUT2D eigenvalue weighted by Crippen LogP contribution is 2.20. The lowest BCUT2D eigenvalue weighted by atomic mass is 10.1. The van der Waals surface area contributed by atoms with Crippen LogP contribution >= 0.6 is 0 Å². The van der Waals surface area contributed by atoms with E-state index in [2.05, 4.69) is 20.2 Å². The third-order valence-corrected chi connectivity index (χ3v) is 4.53. The summed E-state index contributed by atoms with van der Waals surface area (Å²) >= 11 is 0. The van der Waals surface area contributed by atoms with Gasteiger partial charge in [-0.05, 0) is 26.7 Å². The number of carbonyl (C=O) groups excluding carboxylic acids is 1. The summed E-state index contributed by atoms with van der Waals surface area (Å²) in [5.74, 6) is 2.56. The van der Waals surface area contributed by atoms with Crippen LogP contribution in [-0.2, 0) is 9.47 Å². The molecule has 0 saturated carbocycles. The molecule has 8 heteroatoms. The van der Waals surface area contributed by atoms with E-state index in [1.807, 2.05) is 19.9 Å². The highest BCUT2D eigenvalue weighted by molar-refractivity contribution is 5.67. The van der Waals surface area contributed by atoms with Crippen LogP contribution in [0.3, 0.4) is 0 Å². The lowest BCUT2D eigenvalue weighted by Gasteiger charge is -2.32. The Labute approximate surface area is 148 Å². The monoisotopic (exact) mass is 349 g/mol. The number of likely N-dealkylation sites (tertiary alicyclic amines) is 1. The summed E-state index contributed by atoms with van der Waals surface area (Å²) in [6, 6.07) is 2.31. The van der Waals surface area contributed by atoms with Crippen molar-refractivity contribution in [2.45, 2.75) is 32.7 Å². The summed E-state index contributed by atoms with van der Waals surface area (Å²) in [5.41, 5.74) is 0. The lowest BCUT2D eigenvalue weighted by molar-refractivity contribution is 0.0983. The van der Waals surface area contributed by atoms with Crippen LogP contribution in [0, 0.1) is 6.92 Å². The van der Waals surface area contributed by atoms with E-state index in [0.717, 1.165) is 56.6 Å². The van der Waals surface area contributed by atoms with Gasteiger partial charge in [-0.2, -0.15) is 0 Å². The van der Waals surface area contributed by atoms with Crippen molar-refractivity contribution in [2.24, 2.45) is 0 Å². The van der Waals surface area contributed by atoms with Gasteiger partial charge in [0.2, 0.25) is 0 Å². The Bertz CT molecular complexity index is 584. The van der Waals surface area contributed by atoms with E-state index in [0.29, 0.717) is 25.7 Å². The molecule has 0 radical (unpaired) electrons. The van der Waals surface area contributed by atoms with Crippen LogP contribution in [0.2, 0.25) is 0 Å². The van der Waals surface area contributed by atoms with Crippen LogP contribution in [0.4, 0.5) is 16.4 Å². The third kappa shape index (κ3) is 4.72. The van der Waals surface area contributed by atoms with Crippen LogP contribution in [0.25, 0.3) is 0 Å². The minimum Gasteiger partial charge on any atom is -0.450 e. The molecule has 3 heterocycles. The van der Waals surface area contributed by atoms with Crippen molar-refractivity contribution >= 4 is 17.7 Å². The topological polar surface area (TPSA) is 79.8 Å². The zero-order valence-corrected chi connectivity index (χ0v) is 15.0. The number of amides is 1. The molecular formula is C17H27N5O3. The van der Waals surface area contributed by atoms with Crippen LogP contribution in [0.15, 0.2) is 6.07 Å². The fourth-order valence-electron chi connectivity index (χ4n) is 3.21. The molecule has 1 amide bonds. The van der Waals surface area contributed by atoms with Crippen molar-refractivity contribution in [2.75, 3.05) is 56.2 Å². The van der Waals surface area contributed by atoms with Crippen molar-refractivity contribution < 1.29 is 14.3 Å². The average Bonchev–Trinajstić information content (AvgIpc) is 2.63. The third-order valence-electron chi connectivity index (χ3n) is 4.53. The molecule has 1 N–H and O–H groups in total. The van der Waals surface area contributed by atoms with E-state index in [9.17, 15) is 4.79 Å². The molecule has 2 fully saturated rings. The van der Waals surface area contributed by atoms with E-state index in [-0.39, 0.29) is 6.09 Å². The second-order valence-corrected chi connectivity index (χ2v) is 6.36. The van der Waals surface area contributed by atoms with Gasteiger partial charge in [0.1, 0.15) is 17.5 Å². The van der Waals surface area contributed by atoms with Crippen molar-refractivity contribution in [3.63, 3.8) is 0 Å². The number of aryl methyl sites for hydroxylation is 1. The highest BCUT2D eigenvalue weighted by atomic mass is 16.6. The molecule has 2 aliphatic heterocycles. The largest absolute Gasteiger partial charge is 0.450 e. The molecule has 25 heavy (non-hydrogen) atoms. The Morgan fingerprint density at radius 2 is 2.00 bits per heavy atom. The second-order valence-electron chi connectivity index (χ2n) is 6.36. The number of nitrogens with zero attached hydrogens (tertiary/aromatic N) is 4. The number of morpholine rings is 1. The maximum Gasteiger partial charge on any atom is 0.409 e. The molecule has 1 aromatic heterocycles. The Morgan fingerprint density at radius 3 is 2.68 bits per heavy atom. The molecule has 2 aliphatic rings. The van der Waals surface area contributed by atoms with Crippen molar-refractivity contribution in [1.82, 2.24) is 14.9 Å². The Morgan fingerprint density at radius 1 is 1.28 bits per heavy atom. The van der Waals surface area contributed by atoms with Crippen molar-refractivity contribution in [3.05, 3.63) is 11.9 Å². The van der Waals surface area contributed by atoms with Gasteiger partial charge in [0.05, 0.1) is 19.8 Å². The zero-order valence-electron chi connectivity index (χ0n) is 15.0. The lowest BCUT2D eigenvalue weighted by Crippen LogP contribution is -2.42. The molecule has 0 spiro atoms. The Hall–Kier alpha value is -2.09. The summed E-state index contributed by atoms with van der Waals surface area (Å²) in [4.78, 5) is 24.9. The number of anilines is 2. The first kappa shape index (κ1) is 17.7. The van der Waals surface area contributed by atoms with Crippen LogP contribution in [-0.4, -0.2) is 73.0 Å². The van der Waals surface area contributed by atoms with E-state index < -0.39 is 0 Å². The molecular weight excluding hydrogens is 322 g/mol. The molecule has 1 aromatic rings. The minimum absolute atomic E-state index is 0.214. The number of aromatic nitrogens is 2. The fourth-order valence-corrected chi connectivity index (χ4v) is 3.21. The molecule has 0 unspecified atom stereocenters. The molecule has 0 atom stereocenters. The first-order chi connectivity index (χ1) is 12.2. The number of piperidine rings is 1.